The van der Waals surface area contributed by atoms with Crippen LogP contribution in [0.5, 0.6) is 0 Å². The van der Waals surface area contributed by atoms with Crippen molar-refractivity contribution in [3.05, 3.63) is 34.4 Å². The number of nitro groups is 1. The Morgan fingerprint density at radius 3 is 2.93 bits per heavy atom. The zero-order valence-corrected chi connectivity index (χ0v) is 8.50. The zero-order valence-electron chi connectivity index (χ0n) is 7.68. The van der Waals surface area contributed by atoms with E-state index in [0.717, 1.165) is 16.6 Å². The van der Waals surface area contributed by atoms with Crippen LogP contribution in [0, 0.1) is 16.0 Å². The molecule has 1 aromatic carbocycles. The first kappa shape index (κ1) is 9.52. The third-order valence-electron chi connectivity index (χ3n) is 2.21. The molecule has 0 unspecified atom stereocenters. The highest BCUT2D eigenvalue weighted by Crippen LogP contribution is 2.35. The minimum Gasteiger partial charge on any atom is -0.258 e. The highest BCUT2D eigenvalue weighted by atomic mass is 32.2. The second-order valence-corrected chi connectivity index (χ2v) is 4.60. The van der Waals surface area contributed by atoms with Gasteiger partial charge in [-0.2, -0.15) is 0 Å². The molecule has 1 saturated carbocycles. The molecule has 74 valence electrons. The molecule has 0 aromatic heterocycles. The van der Waals surface area contributed by atoms with Gasteiger partial charge in [0.15, 0.2) is 0 Å². The molecule has 3 nitrogen and oxygen atoms in total. The SMILES string of the molecule is O=[N+]([O-])c1cccc(SCC2CC2)c1. The molecule has 0 amide bonds. The Morgan fingerprint density at radius 1 is 1.50 bits per heavy atom. The van der Waals surface area contributed by atoms with Crippen molar-refractivity contribution in [1.29, 1.82) is 0 Å². The summed E-state index contributed by atoms with van der Waals surface area (Å²) in [6, 6.07) is 6.85. The van der Waals surface area contributed by atoms with E-state index in [1.54, 1.807) is 23.9 Å². The van der Waals surface area contributed by atoms with Crippen molar-refractivity contribution in [3.8, 4) is 0 Å². The van der Waals surface area contributed by atoms with Crippen LogP contribution in [0.15, 0.2) is 29.2 Å². The number of hydrogen-bond acceptors (Lipinski definition) is 3. The molecule has 0 bridgehead atoms. The fourth-order valence-electron chi connectivity index (χ4n) is 1.19. The minimum absolute atomic E-state index is 0.186. The van der Waals surface area contributed by atoms with Crippen molar-refractivity contribution in [3.63, 3.8) is 0 Å². The molecule has 2 rings (SSSR count). The maximum Gasteiger partial charge on any atom is 0.270 e. The van der Waals surface area contributed by atoms with Gasteiger partial charge >= 0.3 is 0 Å². The molecule has 0 N–H and O–H groups in total. The van der Waals surface area contributed by atoms with Crippen LogP contribution in [-0.4, -0.2) is 10.7 Å². The van der Waals surface area contributed by atoms with Gasteiger partial charge in [0, 0.05) is 22.8 Å². The highest BCUT2D eigenvalue weighted by Gasteiger charge is 2.21. The normalized spacial score (nSPS) is 15.4. The molecule has 0 heterocycles. The molecule has 0 atom stereocenters. The van der Waals surface area contributed by atoms with E-state index in [-0.39, 0.29) is 10.6 Å². The van der Waals surface area contributed by atoms with E-state index in [9.17, 15) is 10.1 Å². The number of non-ortho nitro benzene ring substituents is 1. The number of nitrogens with zero attached hydrogens (tertiary/aromatic N) is 1. The Labute approximate surface area is 86.7 Å². The van der Waals surface area contributed by atoms with Gasteiger partial charge in [0.05, 0.1) is 4.92 Å². The van der Waals surface area contributed by atoms with Gasteiger partial charge < -0.3 is 0 Å². The molecule has 0 saturated heterocycles. The number of rotatable bonds is 4. The summed E-state index contributed by atoms with van der Waals surface area (Å²) in [7, 11) is 0. The standard InChI is InChI=1S/C10H11NO2S/c12-11(13)9-2-1-3-10(6-9)14-7-8-4-5-8/h1-3,6,8H,4-5,7H2. The molecule has 4 heteroatoms. The van der Waals surface area contributed by atoms with E-state index < -0.39 is 0 Å². The highest BCUT2D eigenvalue weighted by molar-refractivity contribution is 7.99. The van der Waals surface area contributed by atoms with E-state index in [1.807, 2.05) is 6.07 Å². The molecule has 14 heavy (non-hydrogen) atoms. The average molecular weight is 209 g/mol. The van der Waals surface area contributed by atoms with E-state index >= 15 is 0 Å². The van der Waals surface area contributed by atoms with Gasteiger partial charge in [-0.15, -0.1) is 11.8 Å². The van der Waals surface area contributed by atoms with Crippen molar-refractivity contribution >= 4 is 17.4 Å². The van der Waals surface area contributed by atoms with Crippen LogP contribution in [-0.2, 0) is 0 Å². The van der Waals surface area contributed by atoms with Crippen LogP contribution in [0.25, 0.3) is 0 Å². The molecule has 1 aromatic rings. The molecular formula is C10H11NO2S. The van der Waals surface area contributed by atoms with E-state index in [1.165, 1.54) is 18.9 Å². The molecule has 0 aliphatic heterocycles. The Balaban J connectivity index is 2.01. The zero-order chi connectivity index (χ0) is 9.97. The maximum absolute atomic E-state index is 10.5. The average Bonchev–Trinajstić information content (AvgIpc) is 2.99. The minimum atomic E-state index is -0.346. The summed E-state index contributed by atoms with van der Waals surface area (Å²) in [5.41, 5.74) is 0.186. The van der Waals surface area contributed by atoms with Crippen molar-refractivity contribution < 1.29 is 4.92 Å². The van der Waals surface area contributed by atoms with Crippen LogP contribution >= 0.6 is 11.8 Å². The summed E-state index contributed by atoms with van der Waals surface area (Å²) in [4.78, 5) is 11.2. The van der Waals surface area contributed by atoms with E-state index in [4.69, 9.17) is 0 Å². The van der Waals surface area contributed by atoms with E-state index in [2.05, 4.69) is 0 Å². The Morgan fingerprint density at radius 2 is 2.29 bits per heavy atom. The van der Waals surface area contributed by atoms with Gasteiger partial charge in [-0.25, -0.2) is 0 Å². The smallest absolute Gasteiger partial charge is 0.258 e. The fraction of sp³-hybridized carbons (Fsp3) is 0.400. The topological polar surface area (TPSA) is 43.1 Å². The molecular weight excluding hydrogens is 198 g/mol. The summed E-state index contributed by atoms with van der Waals surface area (Å²) in [5, 5.41) is 10.5. The first-order valence-electron chi connectivity index (χ1n) is 4.63. The maximum atomic E-state index is 10.5. The Hall–Kier alpha value is -1.03. The second kappa shape index (κ2) is 4.00. The number of benzene rings is 1. The largest absolute Gasteiger partial charge is 0.270 e. The third kappa shape index (κ3) is 2.48. The lowest BCUT2D eigenvalue weighted by atomic mass is 10.3. The van der Waals surface area contributed by atoms with Crippen LogP contribution in [0.1, 0.15) is 12.8 Å². The molecule has 1 aliphatic carbocycles. The Kier molecular flexibility index (Phi) is 2.72. The van der Waals surface area contributed by atoms with Crippen LogP contribution in [0.4, 0.5) is 5.69 Å². The van der Waals surface area contributed by atoms with Crippen LogP contribution in [0.2, 0.25) is 0 Å². The second-order valence-electron chi connectivity index (χ2n) is 3.51. The number of thioether (sulfide) groups is 1. The lowest BCUT2D eigenvalue weighted by molar-refractivity contribution is -0.385. The molecule has 1 aliphatic rings. The van der Waals surface area contributed by atoms with Gasteiger partial charge in [-0.3, -0.25) is 10.1 Å². The summed E-state index contributed by atoms with van der Waals surface area (Å²) >= 11 is 1.72. The van der Waals surface area contributed by atoms with Crippen molar-refractivity contribution in [2.24, 2.45) is 5.92 Å². The van der Waals surface area contributed by atoms with Gasteiger partial charge in [0.25, 0.3) is 5.69 Å². The van der Waals surface area contributed by atoms with Gasteiger partial charge in [-0.05, 0) is 24.8 Å². The summed E-state index contributed by atoms with van der Waals surface area (Å²) in [6.07, 6.45) is 2.64. The van der Waals surface area contributed by atoms with E-state index in [0.29, 0.717) is 0 Å². The van der Waals surface area contributed by atoms with Gasteiger partial charge in [0.2, 0.25) is 0 Å². The first-order valence-corrected chi connectivity index (χ1v) is 5.61. The van der Waals surface area contributed by atoms with Crippen molar-refractivity contribution in [1.82, 2.24) is 0 Å². The lowest BCUT2D eigenvalue weighted by Gasteiger charge is -1.99. The van der Waals surface area contributed by atoms with Crippen molar-refractivity contribution in [2.75, 3.05) is 5.75 Å². The Bertz CT molecular complexity index is 350. The van der Waals surface area contributed by atoms with Crippen LogP contribution < -0.4 is 0 Å². The first-order chi connectivity index (χ1) is 6.75. The van der Waals surface area contributed by atoms with Crippen LogP contribution in [0.3, 0.4) is 0 Å². The lowest BCUT2D eigenvalue weighted by Crippen LogP contribution is -1.88. The monoisotopic (exact) mass is 209 g/mol. The summed E-state index contributed by atoms with van der Waals surface area (Å²) in [5.74, 6) is 1.94. The predicted octanol–water partition coefficient (Wildman–Crippen LogP) is 3.10. The van der Waals surface area contributed by atoms with Crippen molar-refractivity contribution in [2.45, 2.75) is 17.7 Å². The molecule has 0 radical (unpaired) electrons. The number of nitro benzene ring substituents is 1. The number of hydrogen-bond donors (Lipinski definition) is 0. The van der Waals surface area contributed by atoms with Gasteiger partial charge in [0.1, 0.15) is 0 Å². The quantitative estimate of drug-likeness (QED) is 0.434. The summed E-state index contributed by atoms with van der Waals surface area (Å²) in [6.45, 7) is 0. The molecule has 1 fully saturated rings. The predicted molar refractivity (Wildman–Crippen MR) is 56.5 cm³/mol. The fourth-order valence-corrected chi connectivity index (χ4v) is 2.33. The third-order valence-corrected chi connectivity index (χ3v) is 3.44. The van der Waals surface area contributed by atoms with Gasteiger partial charge in [-0.1, -0.05) is 6.07 Å². The summed E-state index contributed by atoms with van der Waals surface area (Å²) < 4.78 is 0. The molecule has 0 spiro atoms.